The molecule has 0 aliphatic rings. The van der Waals surface area contributed by atoms with Crippen LogP contribution in [0.2, 0.25) is 0 Å². The first-order valence-electron chi connectivity index (χ1n) is 7.97. The van der Waals surface area contributed by atoms with Crippen molar-refractivity contribution < 1.29 is 39.5 Å². The zero-order chi connectivity index (χ0) is 13.5. The molecule has 3 heteroatoms. The van der Waals surface area contributed by atoms with E-state index in [9.17, 15) is 9.90 Å². The Balaban J connectivity index is 0. The summed E-state index contributed by atoms with van der Waals surface area (Å²) in [5.74, 6) is -0.905. The van der Waals surface area contributed by atoms with Crippen LogP contribution >= 0.6 is 0 Å². The molecule has 19 heavy (non-hydrogen) atoms. The minimum atomic E-state index is -0.905. The second kappa shape index (κ2) is 18.5. The van der Waals surface area contributed by atoms with E-state index in [2.05, 4.69) is 6.92 Å². The first kappa shape index (κ1) is 21.8. The van der Waals surface area contributed by atoms with Crippen LogP contribution in [0.15, 0.2) is 0 Å². The number of carboxylic acids is 1. The quantitative estimate of drug-likeness (QED) is 0.273. The van der Waals surface area contributed by atoms with Crippen LogP contribution in [0.1, 0.15) is 96.8 Å². The molecule has 0 aromatic carbocycles. The molecule has 0 fully saturated rings. The van der Waals surface area contributed by atoms with Gasteiger partial charge in [0.05, 0.1) is 0 Å². The zero-order valence-corrected chi connectivity index (χ0v) is 15.2. The standard InChI is InChI=1S/C16H32O2.Na/c1-2-3-4-5-6-7-8-9-10-11-12-13-14-15-16(17)18;/h2-15H2,1H3,(H,17,18);/q;+1/p-1/i1+1,3+1,5+1,7+1,9+1,11+1,13+1;. The number of carbonyl (C=O) groups is 1. The molecule has 0 heterocycles. The first-order chi connectivity index (χ1) is 8.77. The molecule has 0 saturated carbocycles. The normalized spacial score (nSPS) is 10.2. The minimum Gasteiger partial charge on any atom is -0.550 e. The molecule has 0 aromatic rings. The van der Waals surface area contributed by atoms with Crippen molar-refractivity contribution in [2.45, 2.75) is 96.8 Å². The molecular formula is C16H31NaO2. The van der Waals surface area contributed by atoms with E-state index in [4.69, 9.17) is 0 Å². The fraction of sp³-hybridized carbons (Fsp3) is 0.938. The fourth-order valence-electron chi connectivity index (χ4n) is 2.29. The average Bonchev–Trinajstić information content (AvgIpc) is 2.34. The van der Waals surface area contributed by atoms with E-state index in [1.165, 1.54) is 70.6 Å². The van der Waals surface area contributed by atoms with Crippen LogP contribution in [0.3, 0.4) is 0 Å². The third kappa shape index (κ3) is 20.9. The molecule has 0 aromatic heterocycles. The van der Waals surface area contributed by atoms with Crippen LogP contribution in [0.4, 0.5) is 0 Å². The Morgan fingerprint density at radius 1 is 0.684 bits per heavy atom. The molecule has 0 atom stereocenters. The van der Waals surface area contributed by atoms with Gasteiger partial charge in [-0.3, -0.25) is 0 Å². The summed E-state index contributed by atoms with van der Waals surface area (Å²) in [4.78, 5) is 10.2. The van der Waals surface area contributed by atoms with E-state index in [0.29, 0.717) is 0 Å². The van der Waals surface area contributed by atoms with Crippen LogP contribution in [0, 0.1) is 0 Å². The average molecular weight is 285 g/mol. The number of hydrogen-bond donors (Lipinski definition) is 0. The Bertz CT molecular complexity index is 184. The number of hydrogen-bond acceptors (Lipinski definition) is 2. The van der Waals surface area contributed by atoms with Gasteiger partial charge in [-0.1, -0.05) is 84.0 Å². The summed E-state index contributed by atoms with van der Waals surface area (Å²) in [6, 6.07) is 0. The van der Waals surface area contributed by atoms with Crippen molar-refractivity contribution in [3.63, 3.8) is 0 Å². The Hall–Kier alpha value is 0.470. The molecule has 0 amide bonds. The molecule has 0 radical (unpaired) electrons. The second-order valence-corrected chi connectivity index (χ2v) is 5.36. The third-order valence-corrected chi connectivity index (χ3v) is 3.48. The summed E-state index contributed by atoms with van der Waals surface area (Å²) in [5.41, 5.74) is 0. The van der Waals surface area contributed by atoms with Gasteiger partial charge in [-0.05, 0) is 12.8 Å². The maximum Gasteiger partial charge on any atom is 1.00 e. The summed E-state index contributed by atoms with van der Waals surface area (Å²) in [6.45, 7) is 2.26. The number of carboxylic acid groups (broad SMARTS) is 1. The van der Waals surface area contributed by atoms with E-state index >= 15 is 0 Å². The Morgan fingerprint density at radius 3 is 1.32 bits per heavy atom. The monoisotopic (exact) mass is 285 g/mol. The van der Waals surface area contributed by atoms with E-state index in [1.807, 2.05) is 0 Å². The summed E-state index contributed by atoms with van der Waals surface area (Å²) in [5, 5.41) is 10.2. The predicted octanol–water partition coefficient (Wildman–Crippen LogP) is 1.22. The van der Waals surface area contributed by atoms with Crippen molar-refractivity contribution in [1.29, 1.82) is 0 Å². The summed E-state index contributed by atoms with van der Waals surface area (Å²) in [6.07, 6.45) is 16.9. The smallest absolute Gasteiger partial charge is 0.550 e. The molecule has 2 nitrogen and oxygen atoms in total. The van der Waals surface area contributed by atoms with Gasteiger partial charge >= 0.3 is 29.6 Å². The molecule has 0 spiro atoms. The molecular weight excluding hydrogens is 254 g/mol. The van der Waals surface area contributed by atoms with Crippen molar-refractivity contribution in [2.75, 3.05) is 0 Å². The van der Waals surface area contributed by atoms with Gasteiger partial charge in [0.15, 0.2) is 0 Å². The fourth-order valence-corrected chi connectivity index (χ4v) is 2.29. The minimum absolute atomic E-state index is 0. The number of carbonyl (C=O) groups excluding carboxylic acids is 1. The van der Waals surface area contributed by atoms with Crippen molar-refractivity contribution in [3.05, 3.63) is 0 Å². The second-order valence-electron chi connectivity index (χ2n) is 5.36. The van der Waals surface area contributed by atoms with Crippen molar-refractivity contribution in [2.24, 2.45) is 0 Å². The van der Waals surface area contributed by atoms with Crippen molar-refractivity contribution in [3.8, 4) is 0 Å². The Kier molecular flexibility index (Phi) is 21.2. The number of rotatable bonds is 14. The predicted molar refractivity (Wildman–Crippen MR) is 75.3 cm³/mol. The van der Waals surface area contributed by atoms with E-state index in [0.717, 1.165) is 12.8 Å². The molecule has 0 unspecified atom stereocenters. The van der Waals surface area contributed by atoms with Gasteiger partial charge in [0.1, 0.15) is 0 Å². The molecule has 0 saturated heterocycles. The van der Waals surface area contributed by atoms with Crippen LogP contribution in [-0.2, 0) is 4.79 Å². The summed E-state index contributed by atoms with van der Waals surface area (Å²) < 4.78 is 0. The van der Waals surface area contributed by atoms with Crippen molar-refractivity contribution >= 4 is 5.97 Å². The zero-order valence-electron chi connectivity index (χ0n) is 13.2. The molecule has 0 N–H and O–H groups in total. The molecule has 0 aliphatic heterocycles. The number of unbranched alkanes of at least 4 members (excludes halogenated alkanes) is 12. The van der Waals surface area contributed by atoms with Gasteiger partial charge in [0.25, 0.3) is 0 Å². The maximum absolute atomic E-state index is 10.2. The Labute approximate surface area is 142 Å². The van der Waals surface area contributed by atoms with E-state index < -0.39 is 5.97 Å². The third-order valence-electron chi connectivity index (χ3n) is 3.48. The largest absolute Gasteiger partial charge is 1.00 e. The maximum atomic E-state index is 10.2. The topological polar surface area (TPSA) is 40.1 Å². The van der Waals surface area contributed by atoms with E-state index in [-0.39, 0.29) is 36.0 Å². The van der Waals surface area contributed by atoms with Gasteiger partial charge < -0.3 is 9.90 Å². The molecule has 0 bridgehead atoms. The summed E-state index contributed by atoms with van der Waals surface area (Å²) in [7, 11) is 0. The van der Waals surface area contributed by atoms with Gasteiger partial charge in [-0.15, -0.1) is 0 Å². The van der Waals surface area contributed by atoms with Crippen molar-refractivity contribution in [1.82, 2.24) is 0 Å². The van der Waals surface area contributed by atoms with Gasteiger partial charge in [0, 0.05) is 5.97 Å². The first-order valence-corrected chi connectivity index (χ1v) is 7.97. The van der Waals surface area contributed by atoms with Crippen LogP contribution in [0.5, 0.6) is 0 Å². The Morgan fingerprint density at radius 2 is 1.00 bits per heavy atom. The molecule has 0 aliphatic carbocycles. The molecule has 108 valence electrons. The van der Waals surface area contributed by atoms with Gasteiger partial charge in [-0.2, -0.15) is 0 Å². The van der Waals surface area contributed by atoms with E-state index in [1.54, 1.807) is 0 Å². The molecule has 0 rings (SSSR count). The van der Waals surface area contributed by atoms with Gasteiger partial charge in [0.2, 0.25) is 0 Å². The van der Waals surface area contributed by atoms with Crippen LogP contribution in [0.25, 0.3) is 0 Å². The van der Waals surface area contributed by atoms with Gasteiger partial charge in [-0.25, -0.2) is 0 Å². The van der Waals surface area contributed by atoms with Crippen LogP contribution < -0.4 is 34.7 Å². The summed E-state index contributed by atoms with van der Waals surface area (Å²) >= 11 is 0. The SMILES string of the molecule is [13CH3]C[13CH2]C[13CH2]C[13CH2]C[13CH2]C[13CH2]C[13CH2]CCC(=O)[O-].[Na+]. The number of aliphatic carboxylic acids is 1. The van der Waals surface area contributed by atoms with Crippen LogP contribution in [-0.4, -0.2) is 5.97 Å².